The van der Waals surface area contributed by atoms with E-state index in [9.17, 15) is 9.59 Å². The minimum Gasteiger partial charge on any atom is -0.379 e. The van der Waals surface area contributed by atoms with E-state index in [4.69, 9.17) is 4.74 Å². The minimum absolute atomic E-state index is 0.166. The smallest absolute Gasteiger partial charge is 0.267 e. The summed E-state index contributed by atoms with van der Waals surface area (Å²) in [6, 6.07) is 9.30. The van der Waals surface area contributed by atoms with Gasteiger partial charge in [0, 0.05) is 38.6 Å². The lowest BCUT2D eigenvalue weighted by atomic mass is 10.1. The third kappa shape index (κ3) is 3.00. The molecule has 1 aliphatic rings. The molecule has 0 unspecified atom stereocenters. The van der Waals surface area contributed by atoms with Gasteiger partial charge in [-0.2, -0.15) is 0 Å². The van der Waals surface area contributed by atoms with Crippen molar-refractivity contribution in [2.24, 2.45) is 7.05 Å². The van der Waals surface area contributed by atoms with Crippen molar-refractivity contribution in [2.75, 3.05) is 39.4 Å². The topological polar surface area (TPSA) is 79.4 Å². The number of aromatic nitrogens is 2. The summed E-state index contributed by atoms with van der Waals surface area (Å²) in [6.07, 6.45) is 0. The molecule has 3 heterocycles. The molecule has 0 atom stereocenters. The molecule has 0 radical (unpaired) electrons. The maximum atomic E-state index is 12.6. The van der Waals surface area contributed by atoms with E-state index in [1.165, 1.54) is 0 Å². The molecule has 0 spiro atoms. The highest BCUT2D eigenvalue weighted by Gasteiger charge is 2.18. The Labute approximate surface area is 150 Å². The highest BCUT2D eigenvalue weighted by Crippen LogP contribution is 2.23. The summed E-state index contributed by atoms with van der Waals surface area (Å²) in [5, 5.41) is 4.42. The van der Waals surface area contributed by atoms with Crippen LogP contribution in [0.5, 0.6) is 0 Å². The summed E-state index contributed by atoms with van der Waals surface area (Å²) in [5.41, 5.74) is 1.86. The summed E-state index contributed by atoms with van der Waals surface area (Å²) < 4.78 is 7.13. The number of benzene rings is 1. The van der Waals surface area contributed by atoms with Crippen molar-refractivity contribution in [1.82, 2.24) is 19.8 Å². The number of pyridine rings is 1. The molecule has 1 amide bonds. The third-order valence-corrected chi connectivity index (χ3v) is 4.96. The van der Waals surface area contributed by atoms with Crippen LogP contribution in [-0.4, -0.2) is 59.8 Å². The molecule has 26 heavy (non-hydrogen) atoms. The van der Waals surface area contributed by atoms with Crippen molar-refractivity contribution < 1.29 is 9.53 Å². The van der Waals surface area contributed by atoms with Gasteiger partial charge in [-0.15, -0.1) is 0 Å². The number of rotatable bonds is 4. The molecule has 3 aromatic rings. The first kappa shape index (κ1) is 16.8. The zero-order chi connectivity index (χ0) is 18.1. The molecule has 1 aromatic carbocycles. The van der Waals surface area contributed by atoms with Gasteiger partial charge in [0.05, 0.1) is 29.6 Å². The van der Waals surface area contributed by atoms with Gasteiger partial charge in [0.15, 0.2) is 0 Å². The normalized spacial score (nSPS) is 15.6. The number of ether oxygens (including phenoxy) is 1. The van der Waals surface area contributed by atoms with Gasteiger partial charge in [-0.25, -0.2) is 0 Å². The highest BCUT2D eigenvalue weighted by molar-refractivity contribution is 6.07. The zero-order valence-electron chi connectivity index (χ0n) is 14.7. The second-order valence-electron chi connectivity index (χ2n) is 6.56. The number of carbonyl (C=O) groups excluding carboxylic acids is 1. The molecule has 0 bridgehead atoms. The minimum atomic E-state index is -0.179. The molecular formula is C19H22N4O3. The summed E-state index contributed by atoms with van der Waals surface area (Å²) >= 11 is 0. The van der Waals surface area contributed by atoms with E-state index in [-0.39, 0.29) is 11.5 Å². The van der Waals surface area contributed by atoms with Crippen molar-refractivity contribution >= 4 is 27.7 Å². The first-order chi connectivity index (χ1) is 12.6. The van der Waals surface area contributed by atoms with Crippen molar-refractivity contribution in [3.05, 3.63) is 46.4 Å². The van der Waals surface area contributed by atoms with E-state index < -0.39 is 0 Å². The average Bonchev–Trinajstić information content (AvgIpc) is 3.01. The second kappa shape index (κ2) is 6.93. The lowest BCUT2D eigenvalue weighted by molar-refractivity contribution is 0.0383. The van der Waals surface area contributed by atoms with E-state index in [2.05, 4.69) is 15.2 Å². The van der Waals surface area contributed by atoms with Gasteiger partial charge < -0.3 is 19.6 Å². The van der Waals surface area contributed by atoms with E-state index in [1.54, 1.807) is 10.6 Å². The molecule has 1 fully saturated rings. The number of H-pyrrole nitrogens is 1. The number of nitrogens with one attached hydrogen (secondary N) is 2. The first-order valence-corrected chi connectivity index (χ1v) is 8.84. The van der Waals surface area contributed by atoms with Crippen LogP contribution in [0.25, 0.3) is 21.8 Å². The Kier molecular flexibility index (Phi) is 4.48. The summed E-state index contributed by atoms with van der Waals surface area (Å²) in [6.45, 7) is 4.64. The molecule has 7 nitrogen and oxygen atoms in total. The van der Waals surface area contributed by atoms with Crippen LogP contribution < -0.4 is 10.9 Å². The van der Waals surface area contributed by atoms with Gasteiger partial charge >= 0.3 is 0 Å². The molecule has 0 saturated carbocycles. The number of aryl methyl sites for hydroxylation is 1. The number of hydrogen-bond donors (Lipinski definition) is 2. The predicted molar refractivity (Wildman–Crippen MR) is 101 cm³/mol. The largest absolute Gasteiger partial charge is 0.379 e. The van der Waals surface area contributed by atoms with Crippen LogP contribution in [0.4, 0.5) is 0 Å². The number of hydrogen-bond acceptors (Lipinski definition) is 4. The number of amides is 1. The van der Waals surface area contributed by atoms with Gasteiger partial charge in [0.2, 0.25) is 0 Å². The van der Waals surface area contributed by atoms with Gasteiger partial charge in [-0.05, 0) is 12.1 Å². The summed E-state index contributed by atoms with van der Waals surface area (Å²) in [4.78, 5) is 30.2. The molecule has 136 valence electrons. The van der Waals surface area contributed by atoms with Crippen molar-refractivity contribution in [1.29, 1.82) is 0 Å². The fraction of sp³-hybridized carbons (Fsp3) is 0.368. The molecule has 4 rings (SSSR count). The van der Waals surface area contributed by atoms with Gasteiger partial charge in [-0.3, -0.25) is 14.5 Å². The number of nitrogens with zero attached hydrogens (tertiary/aromatic N) is 2. The van der Waals surface area contributed by atoms with E-state index in [0.717, 1.165) is 49.3 Å². The van der Waals surface area contributed by atoms with Crippen molar-refractivity contribution in [3.8, 4) is 0 Å². The van der Waals surface area contributed by atoms with Crippen LogP contribution in [-0.2, 0) is 11.8 Å². The first-order valence-electron chi connectivity index (χ1n) is 8.84. The quantitative estimate of drug-likeness (QED) is 0.735. The Hall–Kier alpha value is -2.64. The molecule has 1 saturated heterocycles. The monoisotopic (exact) mass is 354 g/mol. The number of morpholine rings is 1. The Morgan fingerprint density at radius 1 is 1.23 bits per heavy atom. The summed E-state index contributed by atoms with van der Waals surface area (Å²) in [7, 11) is 1.82. The lowest BCUT2D eigenvalue weighted by Crippen LogP contribution is -2.41. The number of para-hydroxylation sites is 1. The molecular weight excluding hydrogens is 332 g/mol. The van der Waals surface area contributed by atoms with E-state index in [0.29, 0.717) is 17.6 Å². The molecule has 2 aromatic heterocycles. The average molecular weight is 354 g/mol. The Balaban J connectivity index is 1.59. The standard InChI is InChI=1S/C19H22N4O3/c1-22-16(19(25)20-6-7-23-8-10-26-11-9-23)12-14-17(22)13-4-2-3-5-15(13)21-18(14)24/h2-5,12H,6-11H2,1H3,(H,20,25)(H,21,24). The number of fused-ring (bicyclic) bond motifs is 3. The third-order valence-electron chi connectivity index (χ3n) is 4.96. The van der Waals surface area contributed by atoms with Crippen molar-refractivity contribution in [2.45, 2.75) is 0 Å². The number of aromatic amines is 1. The highest BCUT2D eigenvalue weighted by atomic mass is 16.5. The predicted octanol–water partition coefficient (Wildman–Crippen LogP) is 1.08. The van der Waals surface area contributed by atoms with E-state index >= 15 is 0 Å². The maximum absolute atomic E-state index is 12.6. The number of carbonyl (C=O) groups is 1. The SMILES string of the molecule is Cn1c(C(=O)NCCN2CCOCC2)cc2c(=O)[nH]c3ccccc3c21. The van der Waals surface area contributed by atoms with Crippen LogP contribution in [0.15, 0.2) is 35.1 Å². The zero-order valence-corrected chi connectivity index (χ0v) is 14.7. The van der Waals surface area contributed by atoms with E-state index in [1.807, 2.05) is 31.3 Å². The molecule has 7 heteroatoms. The van der Waals surface area contributed by atoms with Crippen LogP contribution >= 0.6 is 0 Å². The van der Waals surface area contributed by atoms with Crippen LogP contribution in [0.1, 0.15) is 10.5 Å². The van der Waals surface area contributed by atoms with Gasteiger partial charge in [0.25, 0.3) is 11.5 Å². The lowest BCUT2D eigenvalue weighted by Gasteiger charge is -2.26. The van der Waals surface area contributed by atoms with Crippen LogP contribution in [0, 0.1) is 0 Å². The Morgan fingerprint density at radius 2 is 2.00 bits per heavy atom. The Morgan fingerprint density at radius 3 is 2.81 bits per heavy atom. The fourth-order valence-electron chi connectivity index (χ4n) is 3.55. The molecule has 1 aliphatic heterocycles. The fourth-order valence-corrected chi connectivity index (χ4v) is 3.55. The molecule has 0 aliphatic carbocycles. The second-order valence-corrected chi connectivity index (χ2v) is 6.56. The van der Waals surface area contributed by atoms with Gasteiger partial charge in [-0.1, -0.05) is 18.2 Å². The van der Waals surface area contributed by atoms with Crippen molar-refractivity contribution in [3.63, 3.8) is 0 Å². The van der Waals surface area contributed by atoms with Gasteiger partial charge in [0.1, 0.15) is 5.69 Å². The van der Waals surface area contributed by atoms with Crippen LogP contribution in [0.2, 0.25) is 0 Å². The van der Waals surface area contributed by atoms with Crippen LogP contribution in [0.3, 0.4) is 0 Å². The summed E-state index contributed by atoms with van der Waals surface area (Å²) in [5.74, 6) is -0.166. The Bertz CT molecular complexity index is 1010. The molecule has 2 N–H and O–H groups in total. The maximum Gasteiger partial charge on any atom is 0.267 e.